The molecule has 0 radical (unpaired) electrons. The first-order chi connectivity index (χ1) is 3.29. The minimum atomic E-state index is -0.428. The van der Waals surface area contributed by atoms with Crippen molar-refractivity contribution in [2.24, 2.45) is 7.05 Å². The van der Waals surface area contributed by atoms with E-state index in [0.717, 1.165) is 0 Å². The molecule has 1 rings (SSSR count). The smallest absolute Gasteiger partial charge is 0.230 e. The Morgan fingerprint density at radius 2 is 2.57 bits per heavy atom. The maximum absolute atomic E-state index is 11.8. The topological polar surface area (TPSA) is 17.8 Å². The molecule has 0 aliphatic heterocycles. The van der Waals surface area contributed by atoms with Crippen LogP contribution in [0.1, 0.15) is 0 Å². The maximum atomic E-state index is 11.8. The molecule has 0 amide bonds. The molecule has 0 aromatic carbocycles. The molecule has 0 N–H and O–H groups in total. The van der Waals surface area contributed by atoms with E-state index in [0.29, 0.717) is 0 Å². The summed E-state index contributed by atoms with van der Waals surface area (Å²) in [4.78, 5) is 3.31. The lowest BCUT2D eigenvalue weighted by Crippen LogP contribution is -1.76. The van der Waals surface area contributed by atoms with Crippen LogP contribution in [0.15, 0.2) is 12.5 Å². The van der Waals surface area contributed by atoms with Crippen molar-refractivity contribution in [2.45, 2.75) is 0 Å². The number of halogens is 1. The number of rotatable bonds is 0. The third-order valence-electron chi connectivity index (χ3n) is 0.673. The van der Waals surface area contributed by atoms with Crippen molar-refractivity contribution in [2.75, 3.05) is 0 Å². The van der Waals surface area contributed by atoms with Gasteiger partial charge in [-0.15, -0.1) is 0 Å². The van der Waals surface area contributed by atoms with E-state index in [9.17, 15) is 4.39 Å². The number of hydrogen-bond acceptors (Lipinski definition) is 1. The zero-order valence-electron chi connectivity index (χ0n) is 3.93. The van der Waals surface area contributed by atoms with Gasteiger partial charge in [0.1, 0.15) is 0 Å². The highest BCUT2D eigenvalue weighted by Crippen LogP contribution is 1.86. The van der Waals surface area contributed by atoms with Gasteiger partial charge >= 0.3 is 0 Å². The average Bonchev–Trinajstić information content (AvgIpc) is 1.87. The summed E-state index contributed by atoms with van der Waals surface area (Å²) in [5.41, 5.74) is 0. The van der Waals surface area contributed by atoms with Crippen molar-refractivity contribution in [3.8, 4) is 0 Å². The van der Waals surface area contributed by atoms with Crippen molar-refractivity contribution in [3.05, 3.63) is 18.5 Å². The van der Waals surface area contributed by atoms with Gasteiger partial charge in [-0.3, -0.25) is 0 Å². The summed E-state index contributed by atoms with van der Waals surface area (Å²) >= 11 is 0. The summed E-state index contributed by atoms with van der Waals surface area (Å²) in [7, 11) is 1.72. The minimum absolute atomic E-state index is 0.428. The van der Waals surface area contributed by atoms with Gasteiger partial charge in [-0.05, 0) is 0 Å². The van der Waals surface area contributed by atoms with E-state index in [1.54, 1.807) is 11.6 Å². The number of hydrogen-bond donors (Lipinski definition) is 0. The fourth-order valence-electron chi connectivity index (χ4n) is 0.381. The lowest BCUT2D eigenvalue weighted by atomic mass is 10.9. The van der Waals surface area contributed by atoms with E-state index in [1.807, 2.05) is 0 Å². The summed E-state index contributed by atoms with van der Waals surface area (Å²) in [6.07, 6.45) is 2.72. The van der Waals surface area contributed by atoms with E-state index >= 15 is 0 Å². The monoisotopic (exact) mass is 100 g/mol. The van der Waals surface area contributed by atoms with E-state index in [2.05, 4.69) is 4.98 Å². The fourth-order valence-corrected chi connectivity index (χ4v) is 0.381. The van der Waals surface area contributed by atoms with Gasteiger partial charge in [-0.2, -0.15) is 4.39 Å². The Morgan fingerprint density at radius 3 is 2.71 bits per heavy atom. The van der Waals surface area contributed by atoms with Gasteiger partial charge in [0, 0.05) is 7.05 Å². The lowest BCUT2D eigenvalue weighted by Gasteiger charge is -1.76. The molecule has 0 spiro atoms. The molecule has 7 heavy (non-hydrogen) atoms. The van der Waals surface area contributed by atoms with Gasteiger partial charge in [0.25, 0.3) is 0 Å². The van der Waals surface area contributed by atoms with E-state index in [1.165, 1.54) is 12.5 Å². The number of nitrogens with zero attached hydrogens (tertiary/aromatic N) is 2. The normalized spacial score (nSPS) is 9.43. The third kappa shape index (κ3) is 0.765. The predicted molar refractivity (Wildman–Crippen MR) is 23.2 cm³/mol. The first-order valence-electron chi connectivity index (χ1n) is 1.92. The molecule has 1 heterocycles. The summed E-state index contributed by atoms with van der Waals surface area (Å²) in [6.45, 7) is 0. The highest BCUT2D eigenvalue weighted by atomic mass is 19.1. The SMILES string of the molecule is Cn1cnc(F)c1. The molecular weight excluding hydrogens is 95.1 g/mol. The van der Waals surface area contributed by atoms with Gasteiger partial charge in [-0.1, -0.05) is 0 Å². The Kier molecular flexibility index (Phi) is 0.817. The molecule has 0 atom stereocenters. The van der Waals surface area contributed by atoms with Crippen molar-refractivity contribution in [3.63, 3.8) is 0 Å². The molecule has 0 saturated carbocycles. The van der Waals surface area contributed by atoms with Gasteiger partial charge in [-0.25, -0.2) is 4.98 Å². The van der Waals surface area contributed by atoms with Gasteiger partial charge in [0.05, 0.1) is 12.5 Å². The van der Waals surface area contributed by atoms with Crippen LogP contribution in [0.5, 0.6) is 0 Å². The molecule has 0 saturated heterocycles. The van der Waals surface area contributed by atoms with Crippen LogP contribution in [0.4, 0.5) is 4.39 Å². The molecule has 0 aliphatic carbocycles. The predicted octanol–water partition coefficient (Wildman–Crippen LogP) is 0.559. The Labute approximate surface area is 40.6 Å². The summed E-state index contributed by atoms with van der Waals surface area (Å²) in [5.74, 6) is -0.428. The van der Waals surface area contributed by atoms with Crippen LogP contribution >= 0.6 is 0 Å². The summed E-state index contributed by atoms with van der Waals surface area (Å²) in [6, 6.07) is 0. The van der Waals surface area contributed by atoms with Crippen LogP contribution in [0.25, 0.3) is 0 Å². The number of aryl methyl sites for hydroxylation is 1. The van der Waals surface area contributed by atoms with E-state index in [-0.39, 0.29) is 0 Å². The van der Waals surface area contributed by atoms with Gasteiger partial charge < -0.3 is 4.57 Å². The van der Waals surface area contributed by atoms with Crippen molar-refractivity contribution < 1.29 is 4.39 Å². The Balaban J connectivity index is 3.04. The molecular formula is C4H5FN2. The largest absolute Gasteiger partial charge is 0.338 e. The molecule has 1 aromatic rings. The molecule has 3 heteroatoms. The van der Waals surface area contributed by atoms with Gasteiger partial charge in [0.15, 0.2) is 0 Å². The Hall–Kier alpha value is -0.860. The molecule has 0 fully saturated rings. The van der Waals surface area contributed by atoms with Crippen molar-refractivity contribution in [1.29, 1.82) is 0 Å². The second-order valence-electron chi connectivity index (χ2n) is 1.36. The van der Waals surface area contributed by atoms with Crippen LogP contribution in [0, 0.1) is 5.95 Å². The lowest BCUT2D eigenvalue weighted by molar-refractivity contribution is 0.589. The fraction of sp³-hybridized carbons (Fsp3) is 0.250. The average molecular weight is 100 g/mol. The first-order valence-corrected chi connectivity index (χ1v) is 1.92. The number of aromatic nitrogens is 2. The molecule has 38 valence electrons. The van der Waals surface area contributed by atoms with Crippen LogP contribution in [0.2, 0.25) is 0 Å². The van der Waals surface area contributed by atoms with Crippen LogP contribution in [-0.2, 0) is 7.05 Å². The Morgan fingerprint density at radius 1 is 1.86 bits per heavy atom. The second-order valence-corrected chi connectivity index (χ2v) is 1.36. The maximum Gasteiger partial charge on any atom is 0.230 e. The highest BCUT2D eigenvalue weighted by Gasteiger charge is 1.86. The molecule has 0 unspecified atom stereocenters. The minimum Gasteiger partial charge on any atom is -0.338 e. The highest BCUT2D eigenvalue weighted by molar-refractivity contribution is 4.75. The third-order valence-corrected chi connectivity index (χ3v) is 0.673. The van der Waals surface area contributed by atoms with Crippen molar-refractivity contribution >= 4 is 0 Å². The number of imidazole rings is 1. The standard InChI is InChI=1S/C4H5FN2/c1-7-2-4(5)6-3-7/h2-3H,1H3. The molecule has 0 aliphatic rings. The summed E-state index contributed by atoms with van der Waals surface area (Å²) in [5, 5.41) is 0. The van der Waals surface area contributed by atoms with Gasteiger partial charge in [0.2, 0.25) is 5.95 Å². The molecule has 0 bridgehead atoms. The Bertz CT molecular complexity index is 142. The zero-order valence-corrected chi connectivity index (χ0v) is 3.93. The summed E-state index contributed by atoms with van der Waals surface area (Å²) < 4.78 is 13.3. The van der Waals surface area contributed by atoms with E-state index < -0.39 is 5.95 Å². The van der Waals surface area contributed by atoms with Crippen LogP contribution in [-0.4, -0.2) is 9.55 Å². The molecule has 2 nitrogen and oxygen atoms in total. The first kappa shape index (κ1) is 4.30. The molecule has 1 aromatic heterocycles. The zero-order chi connectivity index (χ0) is 5.28. The van der Waals surface area contributed by atoms with Crippen LogP contribution in [0.3, 0.4) is 0 Å². The van der Waals surface area contributed by atoms with E-state index in [4.69, 9.17) is 0 Å². The van der Waals surface area contributed by atoms with Crippen LogP contribution < -0.4 is 0 Å². The second kappa shape index (κ2) is 1.33. The quantitative estimate of drug-likeness (QED) is 0.465. The van der Waals surface area contributed by atoms with Crippen molar-refractivity contribution in [1.82, 2.24) is 9.55 Å².